The van der Waals surface area contributed by atoms with Gasteiger partial charge in [-0.15, -0.1) is 0 Å². The quantitative estimate of drug-likeness (QED) is 0.0789. The van der Waals surface area contributed by atoms with Crippen LogP contribution in [0.2, 0.25) is 0 Å². The summed E-state index contributed by atoms with van der Waals surface area (Å²) in [5.41, 5.74) is 0. The van der Waals surface area contributed by atoms with Crippen molar-refractivity contribution >= 4 is 93.6 Å². The van der Waals surface area contributed by atoms with Crippen molar-refractivity contribution in [2.45, 2.75) is 51.4 Å². The fourth-order valence-electron chi connectivity index (χ4n) is 3.58. The number of aromatic nitrogens is 3. The highest BCUT2D eigenvalue weighted by Gasteiger charge is 2.20. The van der Waals surface area contributed by atoms with E-state index >= 15 is 0 Å². The average molecular weight is 599 g/mol. The van der Waals surface area contributed by atoms with E-state index in [1.54, 1.807) is 0 Å². The summed E-state index contributed by atoms with van der Waals surface area (Å²) in [5, 5.41) is 0. The SMILES string of the molecule is SCCCCN(CCCCS)c1nc(N(CCCS)CCCS)nc(N(CCCS)CCCS)n1. The molecule has 0 aliphatic heterocycles. The summed E-state index contributed by atoms with van der Waals surface area (Å²) >= 11 is 26.6. The molecule has 1 aromatic rings. The first-order chi connectivity index (χ1) is 17.1. The lowest BCUT2D eigenvalue weighted by Gasteiger charge is -2.29. The summed E-state index contributed by atoms with van der Waals surface area (Å²) in [6.07, 6.45) is 8.17. The molecule has 12 heteroatoms. The molecule has 0 amide bonds. The lowest BCUT2D eigenvalue weighted by molar-refractivity contribution is 0.653. The van der Waals surface area contributed by atoms with E-state index in [-0.39, 0.29) is 0 Å². The number of rotatable bonds is 23. The van der Waals surface area contributed by atoms with Gasteiger partial charge in [-0.3, -0.25) is 0 Å². The van der Waals surface area contributed by atoms with Crippen molar-refractivity contribution in [1.82, 2.24) is 15.0 Å². The average Bonchev–Trinajstić information content (AvgIpc) is 2.88. The number of nitrogens with zero attached hydrogens (tertiary/aromatic N) is 6. The van der Waals surface area contributed by atoms with Crippen LogP contribution in [-0.4, -0.2) is 88.7 Å². The lowest BCUT2D eigenvalue weighted by atomic mass is 10.2. The van der Waals surface area contributed by atoms with Crippen LogP contribution < -0.4 is 14.7 Å². The van der Waals surface area contributed by atoms with Gasteiger partial charge in [0.1, 0.15) is 0 Å². The van der Waals surface area contributed by atoms with E-state index in [1.807, 2.05) is 0 Å². The molecule has 0 unspecified atom stereocenters. The summed E-state index contributed by atoms with van der Waals surface area (Å²) in [7, 11) is 0. The second kappa shape index (κ2) is 22.5. The first-order valence-corrected chi connectivity index (χ1v) is 16.6. The molecular formula is C23H46N6S6. The standard InChI is InChI=1S/C23H46N6S6/c30-15-3-1-9-27(10-2-4-16-31)21-24-22(28(11-5-17-32)12-6-18-33)26-23(25-21)29(13-7-19-34)14-8-20-35/h30-35H,1-20H2. The van der Waals surface area contributed by atoms with E-state index in [4.69, 9.17) is 15.0 Å². The largest absolute Gasteiger partial charge is 0.341 e. The first kappa shape index (κ1) is 33.5. The van der Waals surface area contributed by atoms with Crippen molar-refractivity contribution in [3.05, 3.63) is 0 Å². The number of thiol groups is 6. The van der Waals surface area contributed by atoms with Gasteiger partial charge in [0.2, 0.25) is 17.8 Å². The topological polar surface area (TPSA) is 48.4 Å². The van der Waals surface area contributed by atoms with Gasteiger partial charge in [-0.25, -0.2) is 0 Å². The van der Waals surface area contributed by atoms with Gasteiger partial charge in [-0.1, -0.05) is 0 Å². The van der Waals surface area contributed by atoms with Crippen LogP contribution in [0.1, 0.15) is 51.4 Å². The molecule has 0 saturated carbocycles. The molecule has 0 radical (unpaired) electrons. The molecule has 204 valence electrons. The van der Waals surface area contributed by atoms with E-state index in [2.05, 4.69) is 90.5 Å². The summed E-state index contributed by atoms with van der Waals surface area (Å²) in [6.45, 7) is 5.30. The fourth-order valence-corrected chi connectivity index (χ4v) is 4.59. The van der Waals surface area contributed by atoms with Gasteiger partial charge < -0.3 is 14.7 Å². The second-order valence-electron chi connectivity index (χ2n) is 8.37. The highest BCUT2D eigenvalue weighted by Crippen LogP contribution is 2.22. The normalized spacial score (nSPS) is 11.1. The van der Waals surface area contributed by atoms with Gasteiger partial charge in [-0.05, 0) is 85.9 Å². The van der Waals surface area contributed by atoms with Crippen LogP contribution in [-0.2, 0) is 0 Å². The second-order valence-corrected chi connectivity index (χ2v) is 11.0. The molecule has 1 heterocycles. The first-order valence-electron chi connectivity index (χ1n) is 12.8. The third-order valence-corrected chi connectivity index (χ3v) is 7.36. The molecule has 0 spiro atoms. The molecule has 0 bridgehead atoms. The molecule has 0 atom stereocenters. The number of anilines is 3. The highest BCUT2D eigenvalue weighted by molar-refractivity contribution is 7.81. The van der Waals surface area contributed by atoms with Crippen LogP contribution in [0.15, 0.2) is 0 Å². The molecule has 6 nitrogen and oxygen atoms in total. The highest BCUT2D eigenvalue weighted by atomic mass is 32.1. The van der Waals surface area contributed by atoms with Crippen LogP contribution in [0.3, 0.4) is 0 Å². The smallest absolute Gasteiger partial charge is 0.231 e. The maximum Gasteiger partial charge on any atom is 0.231 e. The van der Waals surface area contributed by atoms with Crippen molar-refractivity contribution in [2.75, 3.05) is 88.5 Å². The Morgan fingerprint density at radius 1 is 0.343 bits per heavy atom. The third kappa shape index (κ3) is 14.3. The zero-order valence-electron chi connectivity index (χ0n) is 21.0. The van der Waals surface area contributed by atoms with E-state index < -0.39 is 0 Å². The van der Waals surface area contributed by atoms with Gasteiger partial charge in [0.05, 0.1) is 0 Å². The molecule has 35 heavy (non-hydrogen) atoms. The molecule has 0 saturated heterocycles. The monoisotopic (exact) mass is 598 g/mol. The number of hydrogen-bond acceptors (Lipinski definition) is 12. The van der Waals surface area contributed by atoms with Gasteiger partial charge in [-0.2, -0.15) is 90.7 Å². The molecule has 0 fully saturated rings. The predicted octanol–water partition coefficient (Wildman–Crippen LogP) is 4.99. The minimum atomic E-state index is 0.753. The van der Waals surface area contributed by atoms with Gasteiger partial charge in [0.25, 0.3) is 0 Å². The van der Waals surface area contributed by atoms with Crippen molar-refractivity contribution in [3.63, 3.8) is 0 Å². The molecule has 0 aromatic carbocycles. The Balaban J connectivity index is 3.43. The summed E-state index contributed by atoms with van der Waals surface area (Å²) < 4.78 is 0. The van der Waals surface area contributed by atoms with Crippen molar-refractivity contribution in [1.29, 1.82) is 0 Å². The van der Waals surface area contributed by atoms with Gasteiger partial charge in [0.15, 0.2) is 0 Å². The summed E-state index contributed by atoms with van der Waals surface area (Å²) in [4.78, 5) is 21.9. The van der Waals surface area contributed by atoms with Crippen molar-refractivity contribution in [2.24, 2.45) is 0 Å². The molecule has 1 aromatic heterocycles. The molecule has 0 N–H and O–H groups in total. The minimum absolute atomic E-state index is 0.753. The zero-order valence-corrected chi connectivity index (χ0v) is 26.4. The Labute approximate surface area is 247 Å². The van der Waals surface area contributed by atoms with E-state index in [0.29, 0.717) is 0 Å². The maximum atomic E-state index is 5.03. The van der Waals surface area contributed by atoms with Crippen LogP contribution >= 0.6 is 75.8 Å². The third-order valence-electron chi connectivity index (χ3n) is 5.47. The van der Waals surface area contributed by atoms with E-state index in [0.717, 1.165) is 143 Å². The van der Waals surface area contributed by atoms with Crippen LogP contribution in [0.25, 0.3) is 0 Å². The number of hydrogen-bond donors (Lipinski definition) is 6. The fraction of sp³-hybridized carbons (Fsp3) is 0.870. The zero-order chi connectivity index (χ0) is 25.7. The number of unbranched alkanes of at least 4 members (excludes halogenated alkanes) is 2. The minimum Gasteiger partial charge on any atom is -0.341 e. The Morgan fingerprint density at radius 2 is 0.571 bits per heavy atom. The van der Waals surface area contributed by atoms with Crippen LogP contribution in [0, 0.1) is 0 Å². The summed E-state index contributed by atoms with van der Waals surface area (Å²) in [5.74, 6) is 7.38. The van der Waals surface area contributed by atoms with Crippen LogP contribution in [0.4, 0.5) is 17.8 Å². The lowest BCUT2D eigenvalue weighted by Crippen LogP contribution is -2.34. The van der Waals surface area contributed by atoms with E-state index in [9.17, 15) is 0 Å². The molecule has 1 rings (SSSR count). The Bertz CT molecular complexity index is 580. The maximum absolute atomic E-state index is 5.03. The van der Waals surface area contributed by atoms with Crippen molar-refractivity contribution < 1.29 is 0 Å². The Hall–Kier alpha value is 0.510. The Kier molecular flexibility index (Phi) is 21.6. The van der Waals surface area contributed by atoms with Gasteiger partial charge in [0, 0.05) is 39.3 Å². The van der Waals surface area contributed by atoms with E-state index in [1.165, 1.54) is 0 Å². The summed E-state index contributed by atoms with van der Waals surface area (Å²) in [6, 6.07) is 0. The van der Waals surface area contributed by atoms with Gasteiger partial charge >= 0.3 is 0 Å². The van der Waals surface area contributed by atoms with Crippen molar-refractivity contribution in [3.8, 4) is 0 Å². The Morgan fingerprint density at radius 3 is 0.800 bits per heavy atom. The molecular weight excluding hydrogens is 553 g/mol. The molecule has 0 aliphatic carbocycles. The van der Waals surface area contributed by atoms with Crippen LogP contribution in [0.5, 0.6) is 0 Å². The predicted molar refractivity (Wildman–Crippen MR) is 177 cm³/mol. The molecule has 0 aliphatic rings.